The summed E-state index contributed by atoms with van der Waals surface area (Å²) in [4.78, 5) is 11.9. The standard InChI is InChI=1S/C16H2N8/c17-3-8-1-10-11-2-9(4-18)13(6-20)24-15(11)16(22-7-21)14(10)23-12(8)5-19/h1-2H. The van der Waals surface area contributed by atoms with E-state index in [4.69, 9.17) is 26.3 Å². The molecule has 0 aromatic carbocycles. The van der Waals surface area contributed by atoms with Gasteiger partial charge in [-0.15, -0.1) is 0 Å². The van der Waals surface area contributed by atoms with Crippen LogP contribution in [0.4, 0.5) is 0 Å². The van der Waals surface area contributed by atoms with Gasteiger partial charge < -0.3 is 0 Å². The lowest BCUT2D eigenvalue weighted by atomic mass is 10.0. The minimum Gasteiger partial charge on any atom is -0.233 e. The van der Waals surface area contributed by atoms with Crippen LogP contribution in [0.15, 0.2) is 17.1 Å². The maximum atomic E-state index is 9.15. The average molecular weight is 306 g/mol. The Hall–Kier alpha value is -4.58. The third kappa shape index (κ3) is 1.85. The van der Waals surface area contributed by atoms with Crippen LogP contribution >= 0.6 is 0 Å². The molecule has 0 bridgehead atoms. The Kier molecular flexibility index (Phi) is 3.18. The molecule has 24 heavy (non-hydrogen) atoms. The van der Waals surface area contributed by atoms with E-state index >= 15 is 0 Å². The van der Waals surface area contributed by atoms with E-state index in [0.717, 1.165) is 0 Å². The van der Waals surface area contributed by atoms with Crippen molar-refractivity contribution in [3.63, 3.8) is 0 Å². The van der Waals surface area contributed by atoms with E-state index in [1.807, 2.05) is 24.3 Å². The summed E-state index contributed by atoms with van der Waals surface area (Å²) in [5.74, 6) is 0. The first-order valence-corrected chi connectivity index (χ1v) is 6.36. The molecule has 8 heteroatoms. The van der Waals surface area contributed by atoms with Crippen LogP contribution in [0, 0.1) is 56.8 Å². The SMILES string of the molecule is N#CN=C1c2nc(C#N)c(C#N)cc2-c2cc(C#N)c(C#N)nc21. The summed E-state index contributed by atoms with van der Waals surface area (Å²) in [6.07, 6.45) is 1.64. The van der Waals surface area contributed by atoms with Gasteiger partial charge >= 0.3 is 0 Å². The summed E-state index contributed by atoms with van der Waals surface area (Å²) < 4.78 is 0. The highest BCUT2D eigenvalue weighted by Crippen LogP contribution is 2.37. The van der Waals surface area contributed by atoms with E-state index < -0.39 is 0 Å². The molecule has 2 heterocycles. The second-order valence-corrected chi connectivity index (χ2v) is 4.57. The van der Waals surface area contributed by atoms with E-state index in [-0.39, 0.29) is 39.6 Å². The van der Waals surface area contributed by atoms with Gasteiger partial charge in [-0.3, -0.25) is 0 Å². The lowest BCUT2D eigenvalue weighted by Gasteiger charge is -2.02. The molecule has 0 N–H and O–H groups in total. The quantitative estimate of drug-likeness (QED) is 0.565. The lowest BCUT2D eigenvalue weighted by Crippen LogP contribution is -2.06. The number of pyridine rings is 2. The van der Waals surface area contributed by atoms with Crippen molar-refractivity contribution in [2.45, 2.75) is 0 Å². The Morgan fingerprint density at radius 1 is 0.708 bits per heavy atom. The summed E-state index contributed by atoms with van der Waals surface area (Å²) in [6, 6.07) is 10.3. The monoisotopic (exact) mass is 306 g/mol. The highest BCUT2D eigenvalue weighted by atomic mass is 14.9. The molecule has 2 aromatic heterocycles. The molecular weight excluding hydrogens is 304 g/mol. The smallest absolute Gasteiger partial charge is 0.206 e. The summed E-state index contributed by atoms with van der Waals surface area (Å²) >= 11 is 0. The van der Waals surface area contributed by atoms with E-state index in [1.54, 1.807) is 6.19 Å². The van der Waals surface area contributed by atoms with Crippen LogP contribution in [0.3, 0.4) is 0 Å². The molecule has 0 amide bonds. The maximum Gasteiger partial charge on any atom is 0.206 e. The van der Waals surface area contributed by atoms with Crippen molar-refractivity contribution in [1.82, 2.24) is 9.97 Å². The Bertz CT molecular complexity index is 1070. The maximum absolute atomic E-state index is 9.15. The molecule has 1 aliphatic carbocycles. The normalized spacial score (nSPS) is 10.2. The number of rotatable bonds is 0. The van der Waals surface area contributed by atoms with Crippen molar-refractivity contribution in [1.29, 1.82) is 26.3 Å². The first-order valence-electron chi connectivity index (χ1n) is 6.36. The van der Waals surface area contributed by atoms with Crippen molar-refractivity contribution in [3.05, 3.63) is 46.0 Å². The van der Waals surface area contributed by atoms with E-state index in [2.05, 4.69) is 15.0 Å². The van der Waals surface area contributed by atoms with Crippen LogP contribution in [-0.4, -0.2) is 15.7 Å². The summed E-state index contributed by atoms with van der Waals surface area (Å²) in [5.41, 5.74) is 1.32. The number of nitrogens with zero attached hydrogens (tertiary/aromatic N) is 8. The van der Waals surface area contributed by atoms with Crippen molar-refractivity contribution in [3.8, 4) is 41.6 Å². The van der Waals surface area contributed by atoms with Gasteiger partial charge in [0, 0.05) is 11.1 Å². The second kappa shape index (κ2) is 5.32. The Morgan fingerprint density at radius 2 is 1.17 bits per heavy atom. The van der Waals surface area contributed by atoms with Gasteiger partial charge in [0.25, 0.3) is 0 Å². The molecule has 0 aliphatic heterocycles. The highest BCUT2D eigenvalue weighted by molar-refractivity contribution is 6.22. The van der Waals surface area contributed by atoms with Crippen molar-refractivity contribution < 1.29 is 0 Å². The number of hydrogen-bond acceptors (Lipinski definition) is 8. The summed E-state index contributed by atoms with van der Waals surface area (Å²) in [6.45, 7) is 0. The third-order valence-electron chi connectivity index (χ3n) is 3.40. The number of aromatic nitrogens is 2. The number of aliphatic imine (C=N–C) groups is 1. The average Bonchev–Trinajstić information content (AvgIpc) is 2.91. The molecule has 0 spiro atoms. The Balaban J connectivity index is 2.46. The van der Waals surface area contributed by atoms with Gasteiger partial charge in [-0.25, -0.2) is 9.97 Å². The van der Waals surface area contributed by atoms with Gasteiger partial charge in [-0.1, -0.05) is 0 Å². The second-order valence-electron chi connectivity index (χ2n) is 4.57. The number of nitriles is 5. The van der Waals surface area contributed by atoms with Gasteiger partial charge in [-0.2, -0.15) is 31.3 Å². The molecule has 0 radical (unpaired) electrons. The van der Waals surface area contributed by atoms with Crippen LogP contribution in [0.1, 0.15) is 33.9 Å². The van der Waals surface area contributed by atoms with Gasteiger partial charge in [0.05, 0.1) is 11.1 Å². The van der Waals surface area contributed by atoms with Crippen LogP contribution in [0.2, 0.25) is 0 Å². The first-order chi connectivity index (χ1) is 11.7. The van der Waals surface area contributed by atoms with Crippen LogP contribution in [0.5, 0.6) is 0 Å². The lowest BCUT2D eigenvalue weighted by molar-refractivity contribution is 1.22. The third-order valence-corrected chi connectivity index (χ3v) is 3.40. The summed E-state index contributed by atoms with van der Waals surface area (Å²) in [5, 5.41) is 45.4. The van der Waals surface area contributed by atoms with Crippen LogP contribution in [-0.2, 0) is 0 Å². The topological polar surface area (TPSA) is 157 Å². The zero-order chi connectivity index (χ0) is 17.3. The minimum atomic E-state index is -0.101. The molecule has 3 rings (SSSR count). The molecule has 0 saturated heterocycles. The zero-order valence-corrected chi connectivity index (χ0v) is 11.7. The highest BCUT2D eigenvalue weighted by Gasteiger charge is 2.31. The van der Waals surface area contributed by atoms with Crippen molar-refractivity contribution in [2.75, 3.05) is 0 Å². The molecule has 1 aliphatic rings. The molecular formula is C16H2N8. The fourth-order valence-electron chi connectivity index (χ4n) is 2.41. The predicted molar refractivity (Wildman–Crippen MR) is 77.6 cm³/mol. The van der Waals surface area contributed by atoms with Crippen LogP contribution in [0.25, 0.3) is 11.1 Å². The Labute approximate surface area is 135 Å². The largest absolute Gasteiger partial charge is 0.233 e. The number of hydrogen-bond donors (Lipinski definition) is 0. The van der Waals surface area contributed by atoms with Crippen molar-refractivity contribution in [2.24, 2.45) is 4.99 Å². The van der Waals surface area contributed by atoms with Gasteiger partial charge in [0.15, 0.2) is 11.4 Å². The fourth-order valence-corrected chi connectivity index (χ4v) is 2.41. The molecule has 0 fully saturated rings. The number of fused-ring (bicyclic) bond motifs is 3. The fraction of sp³-hybridized carbons (Fsp3) is 0. The molecule has 0 unspecified atom stereocenters. The molecule has 0 saturated carbocycles. The Morgan fingerprint density at radius 3 is 1.50 bits per heavy atom. The van der Waals surface area contributed by atoms with E-state index in [9.17, 15) is 0 Å². The molecule has 0 atom stereocenters. The molecule has 106 valence electrons. The predicted octanol–water partition coefficient (Wildman–Crippen LogP) is 1.26. The van der Waals surface area contributed by atoms with E-state index in [0.29, 0.717) is 11.1 Å². The molecule has 2 aromatic rings. The van der Waals surface area contributed by atoms with Crippen LogP contribution < -0.4 is 0 Å². The van der Waals surface area contributed by atoms with Gasteiger partial charge in [0.1, 0.15) is 41.4 Å². The summed E-state index contributed by atoms with van der Waals surface area (Å²) in [7, 11) is 0. The van der Waals surface area contributed by atoms with Gasteiger partial charge in [-0.05, 0) is 12.1 Å². The minimum absolute atomic E-state index is 0.0586. The first kappa shape index (κ1) is 14.4. The van der Waals surface area contributed by atoms with E-state index in [1.165, 1.54) is 12.1 Å². The van der Waals surface area contributed by atoms with Gasteiger partial charge in [0.2, 0.25) is 6.19 Å². The zero-order valence-electron chi connectivity index (χ0n) is 11.7. The van der Waals surface area contributed by atoms with Crippen molar-refractivity contribution >= 4 is 5.71 Å². The molecule has 8 nitrogen and oxygen atoms in total.